The third kappa shape index (κ3) is 4.96. The first-order valence-corrected chi connectivity index (χ1v) is 17.2. The Morgan fingerprint density at radius 2 is 0.667 bits per heavy atom. The Balaban J connectivity index is 1.05. The van der Waals surface area contributed by atoms with Crippen molar-refractivity contribution < 1.29 is 0 Å². The van der Waals surface area contributed by atoms with Crippen LogP contribution in [0.4, 0.5) is 0 Å². The third-order valence-electron chi connectivity index (χ3n) is 9.85. The molecule has 51 heavy (non-hydrogen) atoms. The minimum atomic E-state index is 0.649. The Bertz CT molecular complexity index is 2720. The molecule has 4 heteroatoms. The zero-order valence-corrected chi connectivity index (χ0v) is 27.6. The molecule has 10 rings (SSSR count). The second-order valence-corrected chi connectivity index (χ2v) is 12.9. The van der Waals surface area contributed by atoms with Crippen LogP contribution in [-0.2, 0) is 0 Å². The Morgan fingerprint density at radius 1 is 0.294 bits per heavy atom. The smallest absolute Gasteiger partial charge is 0.164 e. The van der Waals surface area contributed by atoms with Gasteiger partial charge in [-0.25, -0.2) is 15.0 Å². The van der Waals surface area contributed by atoms with Crippen molar-refractivity contribution in [1.82, 2.24) is 19.5 Å². The largest absolute Gasteiger partial charge is 0.309 e. The highest BCUT2D eigenvalue weighted by atomic mass is 15.0. The maximum atomic E-state index is 4.90. The minimum absolute atomic E-state index is 0.649. The van der Waals surface area contributed by atoms with E-state index in [4.69, 9.17) is 15.0 Å². The van der Waals surface area contributed by atoms with Gasteiger partial charge in [-0.2, -0.15) is 0 Å². The molecule has 10 aromatic rings. The Labute approximate surface area is 295 Å². The predicted molar refractivity (Wildman–Crippen MR) is 211 cm³/mol. The van der Waals surface area contributed by atoms with Gasteiger partial charge in [0, 0.05) is 33.2 Å². The standard InChI is InChI=1S/C47H30N4/c1-3-13-35(14-4-1)45-48-46(36-15-5-2-6-16-36)50-47(49-45)37-21-19-31(20-22-37)32-23-27-38(28-24-32)51-41-29-25-33-11-7-9-17-39(33)43(41)44-40-18-10-8-12-34(40)26-30-42(44)51/h1-30H. The molecule has 0 N–H and O–H groups in total. The summed E-state index contributed by atoms with van der Waals surface area (Å²) in [6.07, 6.45) is 0. The Morgan fingerprint density at radius 3 is 1.14 bits per heavy atom. The molecule has 0 saturated carbocycles. The van der Waals surface area contributed by atoms with Gasteiger partial charge in [-0.3, -0.25) is 0 Å². The molecule has 0 aliphatic carbocycles. The fraction of sp³-hybridized carbons (Fsp3) is 0. The van der Waals surface area contributed by atoms with Crippen LogP contribution in [-0.4, -0.2) is 19.5 Å². The van der Waals surface area contributed by atoms with Crippen LogP contribution in [0.3, 0.4) is 0 Å². The van der Waals surface area contributed by atoms with E-state index in [0.717, 1.165) is 33.5 Å². The van der Waals surface area contributed by atoms with Crippen LogP contribution in [0.2, 0.25) is 0 Å². The van der Waals surface area contributed by atoms with Gasteiger partial charge in [-0.05, 0) is 56.9 Å². The van der Waals surface area contributed by atoms with Crippen molar-refractivity contribution in [1.29, 1.82) is 0 Å². The summed E-state index contributed by atoms with van der Waals surface area (Å²) in [6.45, 7) is 0. The lowest BCUT2D eigenvalue weighted by Crippen LogP contribution is -2.00. The second kappa shape index (κ2) is 11.9. The van der Waals surface area contributed by atoms with Gasteiger partial charge < -0.3 is 4.57 Å². The van der Waals surface area contributed by atoms with Crippen LogP contribution < -0.4 is 0 Å². The topological polar surface area (TPSA) is 43.6 Å². The van der Waals surface area contributed by atoms with E-state index in [-0.39, 0.29) is 0 Å². The van der Waals surface area contributed by atoms with E-state index in [1.165, 1.54) is 43.4 Å². The van der Waals surface area contributed by atoms with Crippen molar-refractivity contribution in [3.05, 3.63) is 182 Å². The van der Waals surface area contributed by atoms with Crippen molar-refractivity contribution in [2.24, 2.45) is 0 Å². The fourth-order valence-electron chi connectivity index (χ4n) is 7.38. The SMILES string of the molecule is c1ccc(-c2nc(-c3ccccc3)nc(-c3ccc(-c4ccc(-n5c6ccc7ccccc7c6c6c7ccccc7ccc65)cc4)cc3)n2)cc1. The number of benzene rings is 8. The molecule has 0 aliphatic heterocycles. The summed E-state index contributed by atoms with van der Waals surface area (Å²) >= 11 is 0. The molecule has 2 aromatic heterocycles. The van der Waals surface area contributed by atoms with Gasteiger partial charge in [-0.15, -0.1) is 0 Å². The summed E-state index contributed by atoms with van der Waals surface area (Å²) in [7, 11) is 0. The molecule has 0 unspecified atom stereocenters. The van der Waals surface area contributed by atoms with Crippen LogP contribution in [0.25, 0.3) is 94.3 Å². The molecular formula is C47H30N4. The summed E-state index contributed by atoms with van der Waals surface area (Å²) in [4.78, 5) is 14.6. The minimum Gasteiger partial charge on any atom is -0.309 e. The fourth-order valence-corrected chi connectivity index (χ4v) is 7.38. The summed E-state index contributed by atoms with van der Waals surface area (Å²) < 4.78 is 2.41. The lowest BCUT2D eigenvalue weighted by Gasteiger charge is -2.11. The van der Waals surface area contributed by atoms with Crippen LogP contribution in [0.15, 0.2) is 182 Å². The summed E-state index contributed by atoms with van der Waals surface area (Å²) in [5.41, 5.74) is 8.68. The molecule has 2 heterocycles. The summed E-state index contributed by atoms with van der Waals surface area (Å²) in [6, 6.07) is 64.0. The van der Waals surface area contributed by atoms with Crippen LogP contribution in [0.5, 0.6) is 0 Å². The highest BCUT2D eigenvalue weighted by Gasteiger charge is 2.17. The number of fused-ring (bicyclic) bond motifs is 7. The van der Waals surface area contributed by atoms with Crippen LogP contribution >= 0.6 is 0 Å². The van der Waals surface area contributed by atoms with E-state index >= 15 is 0 Å². The lowest BCUT2D eigenvalue weighted by molar-refractivity contribution is 1.07. The predicted octanol–water partition coefficient (Wildman–Crippen LogP) is 11.9. The third-order valence-corrected chi connectivity index (χ3v) is 9.85. The van der Waals surface area contributed by atoms with E-state index in [1.807, 2.05) is 60.7 Å². The van der Waals surface area contributed by atoms with Gasteiger partial charge in [0.15, 0.2) is 17.5 Å². The molecule has 0 radical (unpaired) electrons. The van der Waals surface area contributed by atoms with Crippen molar-refractivity contribution in [3.63, 3.8) is 0 Å². The van der Waals surface area contributed by atoms with E-state index in [9.17, 15) is 0 Å². The highest BCUT2D eigenvalue weighted by molar-refractivity contribution is 6.28. The van der Waals surface area contributed by atoms with Gasteiger partial charge in [0.25, 0.3) is 0 Å². The average molecular weight is 651 g/mol. The van der Waals surface area contributed by atoms with Crippen molar-refractivity contribution >= 4 is 43.4 Å². The van der Waals surface area contributed by atoms with Gasteiger partial charge >= 0.3 is 0 Å². The quantitative estimate of drug-likeness (QED) is 0.186. The number of hydrogen-bond acceptors (Lipinski definition) is 3. The molecule has 0 amide bonds. The summed E-state index contributed by atoms with van der Waals surface area (Å²) in [5, 5.41) is 7.64. The lowest BCUT2D eigenvalue weighted by atomic mass is 10.00. The van der Waals surface area contributed by atoms with Crippen LogP contribution in [0, 0.1) is 0 Å². The van der Waals surface area contributed by atoms with E-state index in [2.05, 4.69) is 126 Å². The van der Waals surface area contributed by atoms with Gasteiger partial charge in [0.05, 0.1) is 11.0 Å². The molecule has 238 valence electrons. The molecule has 0 atom stereocenters. The van der Waals surface area contributed by atoms with E-state index in [0.29, 0.717) is 17.5 Å². The first kappa shape index (κ1) is 29.0. The molecule has 4 nitrogen and oxygen atoms in total. The zero-order valence-electron chi connectivity index (χ0n) is 27.6. The maximum absolute atomic E-state index is 4.90. The van der Waals surface area contributed by atoms with Gasteiger partial charge in [0.2, 0.25) is 0 Å². The average Bonchev–Trinajstić information content (AvgIpc) is 3.57. The first-order valence-electron chi connectivity index (χ1n) is 17.2. The second-order valence-electron chi connectivity index (χ2n) is 12.9. The highest BCUT2D eigenvalue weighted by Crippen LogP contribution is 2.40. The summed E-state index contributed by atoms with van der Waals surface area (Å²) in [5.74, 6) is 1.96. The first-order chi connectivity index (χ1) is 25.3. The van der Waals surface area contributed by atoms with E-state index in [1.54, 1.807) is 0 Å². The van der Waals surface area contributed by atoms with Gasteiger partial charge in [-0.1, -0.05) is 158 Å². The monoisotopic (exact) mass is 650 g/mol. The molecule has 0 aliphatic rings. The zero-order chi connectivity index (χ0) is 33.7. The molecule has 0 spiro atoms. The number of hydrogen-bond donors (Lipinski definition) is 0. The normalized spacial score (nSPS) is 11.5. The molecule has 0 fully saturated rings. The van der Waals surface area contributed by atoms with Crippen molar-refractivity contribution in [3.8, 4) is 51.0 Å². The Hall–Kier alpha value is -6.91. The Kier molecular flexibility index (Phi) is 6.78. The molecule has 8 aromatic carbocycles. The molecule has 0 saturated heterocycles. The molecular weight excluding hydrogens is 621 g/mol. The number of nitrogens with zero attached hydrogens (tertiary/aromatic N) is 4. The maximum Gasteiger partial charge on any atom is 0.164 e. The number of rotatable bonds is 5. The van der Waals surface area contributed by atoms with Gasteiger partial charge in [0.1, 0.15) is 0 Å². The van der Waals surface area contributed by atoms with Crippen LogP contribution in [0.1, 0.15) is 0 Å². The van der Waals surface area contributed by atoms with Crippen molar-refractivity contribution in [2.45, 2.75) is 0 Å². The molecule has 0 bridgehead atoms. The van der Waals surface area contributed by atoms with Crippen molar-refractivity contribution in [2.75, 3.05) is 0 Å². The van der Waals surface area contributed by atoms with E-state index < -0.39 is 0 Å². The number of aromatic nitrogens is 4.